The van der Waals surface area contributed by atoms with E-state index in [9.17, 15) is 18.0 Å². The van der Waals surface area contributed by atoms with Gasteiger partial charge >= 0.3 is 12.2 Å². The zero-order valence-electron chi connectivity index (χ0n) is 23.2. The van der Waals surface area contributed by atoms with Crippen LogP contribution in [0.4, 0.5) is 29.5 Å². The number of rotatable bonds is 6. The Kier molecular flexibility index (Phi) is 7.25. The van der Waals surface area contributed by atoms with Crippen molar-refractivity contribution in [1.82, 2.24) is 24.8 Å². The number of urea groups is 1. The molecular formula is C29H30F3N7O3. The lowest BCUT2D eigenvalue weighted by Gasteiger charge is -2.38. The molecule has 2 N–H and O–H groups in total. The normalized spacial score (nSPS) is 16.3. The number of H-pyrrole nitrogens is 1. The van der Waals surface area contributed by atoms with Crippen LogP contribution in [0.15, 0.2) is 42.7 Å². The van der Waals surface area contributed by atoms with E-state index in [1.165, 1.54) is 6.33 Å². The molecule has 2 amide bonds. The Hall–Kier alpha value is -4.55. The Morgan fingerprint density at radius 2 is 1.86 bits per heavy atom. The number of ether oxygens (including phenoxy) is 2. The van der Waals surface area contributed by atoms with Crippen molar-refractivity contribution in [3.8, 4) is 17.4 Å². The molecule has 0 unspecified atom stereocenters. The molecule has 4 aromatic rings. The predicted octanol–water partition coefficient (Wildman–Crippen LogP) is 5.63. The van der Waals surface area contributed by atoms with Gasteiger partial charge in [-0.05, 0) is 61.6 Å². The summed E-state index contributed by atoms with van der Waals surface area (Å²) in [4.78, 5) is 32.6. The molecule has 4 heterocycles. The van der Waals surface area contributed by atoms with Gasteiger partial charge in [0.1, 0.15) is 35.9 Å². The summed E-state index contributed by atoms with van der Waals surface area (Å²) in [5.41, 5.74) is 3.48. The number of nitrogens with zero attached hydrogens (tertiary/aromatic N) is 5. The van der Waals surface area contributed by atoms with Gasteiger partial charge in [0.25, 0.3) is 0 Å². The minimum atomic E-state index is -4.35. The Morgan fingerprint density at radius 1 is 1.05 bits per heavy atom. The number of methoxy groups -OCH3 is 1. The highest BCUT2D eigenvalue weighted by Gasteiger charge is 2.31. The lowest BCUT2D eigenvalue weighted by atomic mass is 10.0. The highest BCUT2D eigenvalue weighted by atomic mass is 19.4. The largest absolute Gasteiger partial charge is 0.497 e. The molecule has 2 aromatic carbocycles. The summed E-state index contributed by atoms with van der Waals surface area (Å²) in [5.74, 6) is 2.07. The third-order valence-corrected chi connectivity index (χ3v) is 7.68. The molecule has 0 radical (unpaired) electrons. The number of carbonyl (C=O) groups excluding carboxylic acids is 1. The molecule has 0 aliphatic carbocycles. The summed E-state index contributed by atoms with van der Waals surface area (Å²) in [6.45, 7) is 3.79. The van der Waals surface area contributed by atoms with Crippen LogP contribution in [0.2, 0.25) is 0 Å². The van der Waals surface area contributed by atoms with Crippen molar-refractivity contribution < 1.29 is 27.4 Å². The van der Waals surface area contributed by atoms with Crippen LogP contribution < -0.4 is 19.7 Å². The number of halogens is 3. The van der Waals surface area contributed by atoms with Crippen molar-refractivity contribution in [2.24, 2.45) is 0 Å². The quantitative estimate of drug-likeness (QED) is 0.304. The van der Waals surface area contributed by atoms with E-state index in [1.54, 1.807) is 32.2 Å². The van der Waals surface area contributed by atoms with Crippen molar-refractivity contribution in [3.63, 3.8) is 0 Å². The summed E-state index contributed by atoms with van der Waals surface area (Å²) >= 11 is 0. The highest BCUT2D eigenvalue weighted by Crippen LogP contribution is 2.31. The Bertz CT molecular complexity index is 1620. The van der Waals surface area contributed by atoms with Crippen LogP contribution in [0.5, 0.6) is 17.4 Å². The summed E-state index contributed by atoms with van der Waals surface area (Å²) in [7, 11) is 1.63. The van der Waals surface area contributed by atoms with Gasteiger partial charge in [-0.25, -0.2) is 19.7 Å². The number of hydrogen-bond donors (Lipinski definition) is 2. The molecule has 220 valence electrons. The van der Waals surface area contributed by atoms with Gasteiger partial charge in [-0.3, -0.25) is 0 Å². The first kappa shape index (κ1) is 27.6. The fourth-order valence-electron chi connectivity index (χ4n) is 5.63. The SMILES string of the molecule is COc1ccc2c(c1)CCN(C1CCN(c3cc(Oc4cc(C)c5nc(CC(F)(F)F)[nH]c5c4)ncn3)CC1)C(=O)N2. The highest BCUT2D eigenvalue weighted by molar-refractivity contribution is 5.91. The number of fused-ring (bicyclic) bond motifs is 2. The Labute approximate surface area is 239 Å². The molecule has 0 bridgehead atoms. The first-order valence-corrected chi connectivity index (χ1v) is 13.7. The fraction of sp³-hybridized carbons (Fsp3) is 0.379. The van der Waals surface area contributed by atoms with Gasteiger partial charge in [0.2, 0.25) is 5.88 Å². The van der Waals surface area contributed by atoms with Crippen LogP contribution in [0.3, 0.4) is 0 Å². The van der Waals surface area contributed by atoms with Crippen LogP contribution in [0.1, 0.15) is 29.8 Å². The minimum absolute atomic E-state index is 0.0925. The lowest BCUT2D eigenvalue weighted by molar-refractivity contribution is -0.128. The number of imidazole rings is 1. The van der Waals surface area contributed by atoms with E-state index in [4.69, 9.17) is 9.47 Å². The molecule has 1 saturated heterocycles. The number of benzene rings is 2. The molecule has 0 atom stereocenters. The number of aromatic amines is 1. The molecule has 42 heavy (non-hydrogen) atoms. The second-order valence-electron chi connectivity index (χ2n) is 10.5. The van der Waals surface area contributed by atoms with Crippen molar-refractivity contribution >= 4 is 28.6 Å². The number of alkyl halides is 3. The van der Waals surface area contributed by atoms with Crippen LogP contribution in [0, 0.1) is 6.92 Å². The number of aryl methyl sites for hydroxylation is 1. The standard InChI is InChI=1S/C29H30F3N7O3/c1-17-11-21(13-23-27(17)37-24(35-23)15-29(30,31)32)42-26-14-25(33-16-34-26)38-8-6-19(7-9-38)39-10-5-18-12-20(41-2)3-4-22(18)36-28(39)40/h3-4,11-14,16,19H,5-10,15H2,1-2H3,(H,35,37)(H,36,40). The van der Waals surface area contributed by atoms with Crippen molar-refractivity contribution in [3.05, 3.63) is 59.7 Å². The summed E-state index contributed by atoms with van der Waals surface area (Å²) in [6.07, 6.45) is -1.76. The maximum atomic E-state index is 13.0. The zero-order chi connectivity index (χ0) is 29.4. The molecule has 1 fully saturated rings. The third-order valence-electron chi connectivity index (χ3n) is 7.68. The first-order valence-electron chi connectivity index (χ1n) is 13.7. The van der Waals surface area contributed by atoms with E-state index in [1.807, 2.05) is 23.1 Å². The van der Waals surface area contributed by atoms with E-state index in [0.717, 1.165) is 36.3 Å². The summed E-state index contributed by atoms with van der Waals surface area (Å²) < 4.78 is 49.8. The van der Waals surface area contributed by atoms with Gasteiger partial charge in [0.05, 0.1) is 18.1 Å². The fourth-order valence-corrected chi connectivity index (χ4v) is 5.63. The number of aromatic nitrogens is 4. The number of nitrogens with one attached hydrogen (secondary N) is 2. The number of piperidine rings is 1. The second kappa shape index (κ2) is 11.0. The summed E-state index contributed by atoms with van der Waals surface area (Å²) in [6, 6.07) is 10.8. The maximum Gasteiger partial charge on any atom is 0.396 e. The number of carbonyl (C=O) groups is 1. The molecule has 2 aromatic heterocycles. The molecule has 6 rings (SSSR count). The van der Waals surface area contributed by atoms with Gasteiger partial charge in [-0.2, -0.15) is 13.2 Å². The third kappa shape index (κ3) is 5.90. The van der Waals surface area contributed by atoms with Crippen molar-refractivity contribution in [1.29, 1.82) is 0 Å². The number of anilines is 2. The molecule has 2 aliphatic rings. The Balaban J connectivity index is 1.10. The van der Waals surface area contributed by atoms with E-state index in [0.29, 0.717) is 53.7 Å². The molecule has 0 saturated carbocycles. The average molecular weight is 582 g/mol. The van der Waals surface area contributed by atoms with Gasteiger partial charge in [0.15, 0.2) is 0 Å². The zero-order valence-corrected chi connectivity index (χ0v) is 23.2. The Morgan fingerprint density at radius 3 is 2.62 bits per heavy atom. The monoisotopic (exact) mass is 581 g/mol. The van der Waals surface area contributed by atoms with Gasteiger partial charge in [-0.1, -0.05) is 0 Å². The average Bonchev–Trinajstić information content (AvgIpc) is 3.27. The van der Waals surface area contributed by atoms with E-state index in [2.05, 4.69) is 30.2 Å². The molecule has 2 aliphatic heterocycles. The topological polar surface area (TPSA) is 108 Å². The second-order valence-corrected chi connectivity index (χ2v) is 10.5. The van der Waals surface area contributed by atoms with Gasteiger partial charge < -0.3 is 29.6 Å². The lowest BCUT2D eigenvalue weighted by Crippen LogP contribution is -2.49. The van der Waals surface area contributed by atoms with Crippen LogP contribution in [-0.2, 0) is 12.8 Å². The van der Waals surface area contributed by atoms with E-state index < -0.39 is 12.6 Å². The number of hydrogen-bond acceptors (Lipinski definition) is 7. The molecule has 10 nitrogen and oxygen atoms in total. The molecular weight excluding hydrogens is 551 g/mol. The van der Waals surface area contributed by atoms with Gasteiger partial charge in [-0.15, -0.1) is 0 Å². The number of amides is 2. The maximum absolute atomic E-state index is 13.0. The van der Waals surface area contributed by atoms with Crippen LogP contribution in [0.25, 0.3) is 11.0 Å². The van der Waals surface area contributed by atoms with E-state index in [-0.39, 0.29) is 17.9 Å². The minimum Gasteiger partial charge on any atom is -0.497 e. The smallest absolute Gasteiger partial charge is 0.396 e. The predicted molar refractivity (Wildman–Crippen MR) is 150 cm³/mol. The van der Waals surface area contributed by atoms with E-state index >= 15 is 0 Å². The van der Waals surface area contributed by atoms with Crippen LogP contribution >= 0.6 is 0 Å². The first-order chi connectivity index (χ1) is 20.1. The molecule has 13 heteroatoms. The van der Waals surface area contributed by atoms with Crippen molar-refractivity contribution in [2.75, 3.05) is 37.0 Å². The van der Waals surface area contributed by atoms with Crippen molar-refractivity contribution in [2.45, 2.75) is 44.8 Å². The summed E-state index contributed by atoms with van der Waals surface area (Å²) in [5, 5.41) is 3.05. The van der Waals surface area contributed by atoms with Gasteiger partial charge in [0, 0.05) is 43.5 Å². The van der Waals surface area contributed by atoms with Crippen LogP contribution in [-0.4, -0.2) is 69.8 Å². The molecule has 0 spiro atoms.